The van der Waals surface area contributed by atoms with Crippen molar-refractivity contribution in [1.82, 2.24) is 15.1 Å². The Morgan fingerprint density at radius 1 is 1.54 bits per heavy atom. The first-order chi connectivity index (χ1) is 11.6. The molecule has 2 unspecified atom stereocenters. The van der Waals surface area contributed by atoms with E-state index >= 15 is 0 Å². The van der Waals surface area contributed by atoms with Gasteiger partial charge in [-0.2, -0.15) is 5.10 Å². The van der Waals surface area contributed by atoms with Crippen molar-refractivity contribution in [2.24, 2.45) is 7.05 Å². The minimum absolute atomic E-state index is 0.0562. The molecule has 0 saturated carbocycles. The minimum atomic E-state index is -0.310. The molecule has 1 aliphatic rings. The van der Waals surface area contributed by atoms with E-state index in [9.17, 15) is 4.79 Å². The maximum Gasteiger partial charge on any atom is 0.249 e. The third kappa shape index (κ3) is 4.14. The number of aryl methyl sites for hydroxylation is 1. The minimum Gasteiger partial charge on any atom is -0.491 e. The molecule has 6 heteroatoms. The van der Waals surface area contributed by atoms with Gasteiger partial charge in [-0.1, -0.05) is 0 Å². The van der Waals surface area contributed by atoms with Crippen LogP contribution in [-0.2, 0) is 16.6 Å². The Balaban J connectivity index is 1.53. The van der Waals surface area contributed by atoms with Crippen LogP contribution in [0.3, 0.4) is 0 Å². The molecule has 1 amide bonds. The zero-order valence-electron chi connectivity index (χ0n) is 14.0. The highest BCUT2D eigenvalue weighted by atomic mass is 16.5. The molecule has 3 rings (SSSR count). The summed E-state index contributed by atoms with van der Waals surface area (Å²) in [5, 5.41) is 7.10. The molecule has 1 fully saturated rings. The molecule has 2 atom stereocenters. The van der Waals surface area contributed by atoms with Gasteiger partial charge in [-0.25, -0.2) is 0 Å². The monoisotopic (exact) mass is 328 g/mol. The number of nitrogens with one attached hydrogen (secondary N) is 1. The van der Waals surface area contributed by atoms with Crippen LogP contribution in [0.4, 0.5) is 0 Å². The van der Waals surface area contributed by atoms with E-state index in [0.717, 1.165) is 29.7 Å². The van der Waals surface area contributed by atoms with Crippen molar-refractivity contribution in [3.05, 3.63) is 36.7 Å². The van der Waals surface area contributed by atoms with E-state index < -0.39 is 0 Å². The number of carbonyl (C=O) groups excluding carboxylic acids is 1. The molecule has 1 radical (unpaired) electrons. The van der Waals surface area contributed by atoms with Gasteiger partial charge in [0, 0.05) is 25.4 Å². The van der Waals surface area contributed by atoms with Gasteiger partial charge in [-0.15, -0.1) is 0 Å². The largest absolute Gasteiger partial charge is 0.491 e. The first-order valence-corrected chi connectivity index (χ1v) is 8.17. The lowest BCUT2D eigenvalue weighted by Gasteiger charge is -2.17. The van der Waals surface area contributed by atoms with E-state index in [1.54, 1.807) is 16.9 Å². The maximum absolute atomic E-state index is 12.0. The van der Waals surface area contributed by atoms with Gasteiger partial charge >= 0.3 is 0 Å². The highest BCUT2D eigenvalue weighted by Crippen LogP contribution is 2.23. The molecule has 2 heterocycles. The molecule has 1 aromatic carbocycles. The number of hydrogen-bond donors (Lipinski definition) is 1. The van der Waals surface area contributed by atoms with Crippen LogP contribution in [0.15, 0.2) is 30.6 Å². The van der Waals surface area contributed by atoms with Crippen LogP contribution in [-0.4, -0.2) is 41.0 Å². The lowest BCUT2D eigenvalue weighted by atomic mass is 10.1. The van der Waals surface area contributed by atoms with Crippen LogP contribution in [0.1, 0.15) is 19.8 Å². The van der Waals surface area contributed by atoms with Crippen molar-refractivity contribution in [2.45, 2.75) is 31.9 Å². The topological polar surface area (TPSA) is 65.4 Å². The molecule has 1 saturated heterocycles. The second-order valence-electron chi connectivity index (χ2n) is 6.08. The maximum atomic E-state index is 12.0. The predicted octanol–water partition coefficient (Wildman–Crippen LogP) is 1.95. The second kappa shape index (κ2) is 7.49. The lowest BCUT2D eigenvalue weighted by molar-refractivity contribution is -0.130. The highest BCUT2D eigenvalue weighted by molar-refractivity contribution is 5.81. The fourth-order valence-corrected chi connectivity index (χ4v) is 2.65. The van der Waals surface area contributed by atoms with Gasteiger partial charge in [0.15, 0.2) is 0 Å². The van der Waals surface area contributed by atoms with Gasteiger partial charge in [0.2, 0.25) is 5.91 Å². The van der Waals surface area contributed by atoms with E-state index in [-0.39, 0.29) is 18.1 Å². The molecular weight excluding hydrogens is 306 g/mol. The highest BCUT2D eigenvalue weighted by Gasteiger charge is 2.24. The van der Waals surface area contributed by atoms with Crippen molar-refractivity contribution in [3.63, 3.8) is 0 Å². The second-order valence-corrected chi connectivity index (χ2v) is 6.08. The molecule has 0 spiro atoms. The zero-order valence-corrected chi connectivity index (χ0v) is 14.0. The Morgan fingerprint density at radius 2 is 2.42 bits per heavy atom. The summed E-state index contributed by atoms with van der Waals surface area (Å²) < 4.78 is 12.9. The van der Waals surface area contributed by atoms with Gasteiger partial charge in [0.05, 0.1) is 12.2 Å². The fraction of sp³-hybridized carbons (Fsp3) is 0.444. The standard InChI is InChI=1S/C18H22N3O3/c1-13(20-18(22)17-7-4-8-23-17)12-24-16-6-3-5-14(9-16)15-10-19-21(2)11-15/h5-6,9-11,13,17H,4,7-8,12H2,1-2H3,(H,20,22). The Bertz CT molecular complexity index is 692. The summed E-state index contributed by atoms with van der Waals surface area (Å²) in [7, 11) is 1.88. The van der Waals surface area contributed by atoms with E-state index in [0.29, 0.717) is 13.2 Å². The quantitative estimate of drug-likeness (QED) is 0.880. The Kier molecular flexibility index (Phi) is 5.15. The van der Waals surface area contributed by atoms with Crippen molar-refractivity contribution < 1.29 is 14.3 Å². The number of aromatic nitrogens is 2. The zero-order chi connectivity index (χ0) is 16.9. The predicted molar refractivity (Wildman–Crippen MR) is 89.6 cm³/mol. The first kappa shape index (κ1) is 16.5. The third-order valence-electron chi connectivity index (χ3n) is 3.91. The summed E-state index contributed by atoms with van der Waals surface area (Å²) in [6.45, 7) is 2.98. The van der Waals surface area contributed by atoms with Crippen molar-refractivity contribution in [3.8, 4) is 16.9 Å². The van der Waals surface area contributed by atoms with Crippen molar-refractivity contribution in [2.75, 3.05) is 13.2 Å². The van der Waals surface area contributed by atoms with Gasteiger partial charge in [0.1, 0.15) is 18.5 Å². The molecule has 24 heavy (non-hydrogen) atoms. The normalized spacial score (nSPS) is 18.3. The molecule has 1 N–H and O–H groups in total. The molecule has 1 aromatic heterocycles. The SMILES string of the molecule is CC(COc1c[c]cc(-c2cnn(C)c2)c1)NC(=O)C1CCCO1. The smallest absolute Gasteiger partial charge is 0.249 e. The lowest BCUT2D eigenvalue weighted by Crippen LogP contribution is -2.42. The number of benzene rings is 1. The molecule has 1 aliphatic heterocycles. The summed E-state index contributed by atoms with van der Waals surface area (Å²) >= 11 is 0. The molecule has 127 valence electrons. The average Bonchev–Trinajstić information content (AvgIpc) is 3.25. The molecule has 6 nitrogen and oxygen atoms in total. The number of nitrogens with zero attached hydrogens (tertiary/aromatic N) is 2. The van der Waals surface area contributed by atoms with Crippen LogP contribution >= 0.6 is 0 Å². The van der Waals surface area contributed by atoms with E-state index in [1.165, 1.54) is 0 Å². The number of hydrogen-bond acceptors (Lipinski definition) is 4. The molecule has 0 bridgehead atoms. The summed E-state index contributed by atoms with van der Waals surface area (Å²) in [4.78, 5) is 12.0. The molecular formula is C18H22N3O3. The van der Waals surface area contributed by atoms with Crippen molar-refractivity contribution in [1.29, 1.82) is 0 Å². The van der Waals surface area contributed by atoms with Gasteiger partial charge in [-0.05, 0) is 49.6 Å². The van der Waals surface area contributed by atoms with Crippen LogP contribution in [0.2, 0.25) is 0 Å². The average molecular weight is 328 g/mol. The first-order valence-electron chi connectivity index (χ1n) is 8.17. The van der Waals surface area contributed by atoms with Crippen LogP contribution in [0.25, 0.3) is 11.1 Å². The van der Waals surface area contributed by atoms with Crippen LogP contribution in [0, 0.1) is 6.07 Å². The number of rotatable bonds is 6. The molecule has 0 aliphatic carbocycles. The van der Waals surface area contributed by atoms with E-state index in [1.807, 2.05) is 32.3 Å². The number of ether oxygens (including phenoxy) is 2. The Morgan fingerprint density at radius 3 is 3.12 bits per heavy atom. The van der Waals surface area contributed by atoms with Gasteiger partial charge in [0.25, 0.3) is 0 Å². The third-order valence-corrected chi connectivity index (χ3v) is 3.91. The van der Waals surface area contributed by atoms with Gasteiger partial charge < -0.3 is 14.8 Å². The molecule has 2 aromatic rings. The van der Waals surface area contributed by atoms with Gasteiger partial charge in [-0.3, -0.25) is 9.48 Å². The summed E-state index contributed by atoms with van der Waals surface area (Å²) in [5.74, 6) is 0.661. The summed E-state index contributed by atoms with van der Waals surface area (Å²) in [6.07, 6.45) is 5.17. The van der Waals surface area contributed by atoms with E-state index in [4.69, 9.17) is 9.47 Å². The summed E-state index contributed by atoms with van der Waals surface area (Å²) in [5.41, 5.74) is 2.01. The number of amides is 1. The van der Waals surface area contributed by atoms with Crippen molar-refractivity contribution >= 4 is 5.91 Å². The Hall–Kier alpha value is -2.34. The van der Waals surface area contributed by atoms with Crippen LogP contribution < -0.4 is 10.1 Å². The Labute approximate surface area is 141 Å². The van der Waals surface area contributed by atoms with Crippen LogP contribution in [0.5, 0.6) is 5.75 Å². The van der Waals surface area contributed by atoms with E-state index in [2.05, 4.69) is 16.5 Å². The number of carbonyl (C=O) groups is 1. The fourth-order valence-electron chi connectivity index (χ4n) is 2.65. The summed E-state index contributed by atoms with van der Waals surface area (Å²) in [6, 6.07) is 8.61.